The largest absolute Gasteiger partial charge is 0.367 e. The fourth-order valence-electron chi connectivity index (χ4n) is 5.83. The highest BCUT2D eigenvalue weighted by atomic mass is 15.0. The molecule has 2 atom stereocenters. The highest BCUT2D eigenvalue weighted by molar-refractivity contribution is 5.28. The summed E-state index contributed by atoms with van der Waals surface area (Å²) in [4.78, 5) is 3.29. The number of hydrogen-bond acceptors (Lipinski definition) is 1. The first kappa shape index (κ1) is 11.0. The second-order valence-corrected chi connectivity index (χ2v) is 7.82. The Labute approximate surface area is 115 Å². The van der Waals surface area contributed by atoms with Crippen molar-refractivity contribution in [1.29, 1.82) is 0 Å². The minimum atomic E-state index is 0.540. The summed E-state index contributed by atoms with van der Waals surface area (Å²) < 4.78 is 0. The monoisotopic (exact) mass is 256 g/mol. The number of nitrogens with one attached hydrogen (secondary N) is 2. The van der Waals surface area contributed by atoms with Gasteiger partial charge in [0.1, 0.15) is 0 Å². The fraction of sp³-hybridized carbons (Fsp3) is 0.765. The Hall–Kier alpha value is -0.760. The smallest absolute Gasteiger partial charge is 0.0127 e. The van der Waals surface area contributed by atoms with Crippen molar-refractivity contribution in [2.75, 3.05) is 0 Å². The molecule has 1 aromatic heterocycles. The topological polar surface area (TPSA) is 27.8 Å². The van der Waals surface area contributed by atoms with E-state index in [0.717, 1.165) is 29.8 Å². The Kier molecular flexibility index (Phi) is 2.11. The van der Waals surface area contributed by atoms with Crippen LogP contribution in [0.25, 0.3) is 0 Å². The summed E-state index contributed by atoms with van der Waals surface area (Å²) in [6.07, 6.45) is 14.6. The molecule has 0 amide bonds. The predicted octanol–water partition coefficient (Wildman–Crippen LogP) is 3.21. The van der Waals surface area contributed by atoms with Gasteiger partial charge < -0.3 is 10.3 Å². The summed E-state index contributed by atoms with van der Waals surface area (Å²) in [5, 5.41) is 3.99. The molecule has 5 aliphatic rings. The molecule has 4 bridgehead atoms. The lowest BCUT2D eigenvalue weighted by Gasteiger charge is -2.60. The normalized spacial score (nSPS) is 47.8. The van der Waals surface area contributed by atoms with Crippen LogP contribution in [0.4, 0.5) is 0 Å². The van der Waals surface area contributed by atoms with E-state index in [0.29, 0.717) is 5.41 Å². The van der Waals surface area contributed by atoms with Crippen LogP contribution in [0.15, 0.2) is 18.5 Å². The fourth-order valence-corrected chi connectivity index (χ4v) is 5.83. The first-order valence-corrected chi connectivity index (χ1v) is 8.22. The van der Waals surface area contributed by atoms with Crippen molar-refractivity contribution >= 4 is 0 Å². The third-order valence-electron chi connectivity index (χ3n) is 6.49. The zero-order valence-electron chi connectivity index (χ0n) is 11.6. The molecule has 0 radical (unpaired) electrons. The van der Waals surface area contributed by atoms with Crippen LogP contribution in [0.5, 0.6) is 0 Å². The molecule has 2 nitrogen and oxygen atoms in total. The highest BCUT2D eigenvalue weighted by Gasteiger charge is 2.56. The van der Waals surface area contributed by atoms with Crippen LogP contribution in [0.3, 0.4) is 0 Å². The van der Waals surface area contributed by atoms with Crippen LogP contribution in [-0.4, -0.2) is 17.1 Å². The maximum Gasteiger partial charge on any atom is 0.0127 e. The van der Waals surface area contributed by atoms with Crippen LogP contribution in [0.2, 0.25) is 0 Å². The van der Waals surface area contributed by atoms with Crippen LogP contribution in [0.1, 0.15) is 50.5 Å². The average molecular weight is 256 g/mol. The third-order valence-corrected chi connectivity index (χ3v) is 6.49. The second-order valence-electron chi connectivity index (χ2n) is 7.82. The van der Waals surface area contributed by atoms with Gasteiger partial charge in [-0.3, -0.25) is 0 Å². The molecule has 102 valence electrons. The molecule has 1 heterocycles. The Morgan fingerprint density at radius 1 is 1.11 bits per heavy atom. The number of rotatable bonds is 3. The highest BCUT2D eigenvalue weighted by Crippen LogP contribution is 2.60. The molecule has 6 rings (SSSR count). The Bertz CT molecular complexity index is 457. The van der Waals surface area contributed by atoms with Crippen molar-refractivity contribution in [2.24, 2.45) is 17.8 Å². The van der Waals surface area contributed by atoms with E-state index in [1.54, 1.807) is 5.56 Å². The van der Waals surface area contributed by atoms with Gasteiger partial charge in [-0.1, -0.05) is 0 Å². The summed E-state index contributed by atoms with van der Waals surface area (Å²) in [5.41, 5.74) is 2.15. The van der Waals surface area contributed by atoms with Gasteiger partial charge in [0, 0.05) is 24.5 Å². The number of H-pyrrole nitrogens is 1. The van der Waals surface area contributed by atoms with E-state index >= 15 is 0 Å². The standard InChI is InChI=1S/C17H24N2/c1-2-15(1)19-16-12-5-11-6-13(16)9-17(7-11,8-12)14-3-4-18-10-14/h3-4,10-13,15-16,18-19H,1-2,5-9H2. The van der Waals surface area contributed by atoms with Gasteiger partial charge in [0.05, 0.1) is 0 Å². The minimum Gasteiger partial charge on any atom is -0.367 e. The molecule has 0 saturated heterocycles. The van der Waals surface area contributed by atoms with Crippen molar-refractivity contribution in [2.45, 2.75) is 62.4 Å². The summed E-state index contributed by atoms with van der Waals surface area (Å²) in [5.74, 6) is 2.94. The molecule has 2 N–H and O–H groups in total. The Balaban J connectivity index is 1.47. The van der Waals surface area contributed by atoms with E-state index in [-0.39, 0.29) is 0 Å². The van der Waals surface area contributed by atoms with Gasteiger partial charge in [0.15, 0.2) is 0 Å². The maximum absolute atomic E-state index is 3.99. The number of hydrogen-bond donors (Lipinski definition) is 2. The van der Waals surface area contributed by atoms with E-state index in [9.17, 15) is 0 Å². The lowest BCUT2D eigenvalue weighted by Crippen LogP contribution is -2.59. The van der Waals surface area contributed by atoms with Crippen molar-refractivity contribution in [1.82, 2.24) is 10.3 Å². The maximum atomic E-state index is 3.99. The first-order valence-electron chi connectivity index (χ1n) is 8.22. The molecule has 19 heavy (non-hydrogen) atoms. The van der Waals surface area contributed by atoms with E-state index in [1.165, 1.54) is 44.9 Å². The van der Waals surface area contributed by atoms with Crippen LogP contribution in [0, 0.1) is 17.8 Å². The summed E-state index contributed by atoms with van der Waals surface area (Å²) in [7, 11) is 0. The SMILES string of the molecule is c1cc(C23CC4CC(C2)C(NC2CC2)C(C4)C3)c[nH]1. The van der Waals surface area contributed by atoms with Gasteiger partial charge in [-0.15, -0.1) is 0 Å². The number of aromatic amines is 1. The summed E-state index contributed by atoms with van der Waals surface area (Å²) in [6.45, 7) is 0. The Morgan fingerprint density at radius 2 is 1.89 bits per heavy atom. The molecule has 0 aromatic carbocycles. The molecule has 2 heteroatoms. The minimum absolute atomic E-state index is 0.540. The van der Waals surface area contributed by atoms with Crippen molar-refractivity contribution in [3.05, 3.63) is 24.0 Å². The molecule has 5 fully saturated rings. The quantitative estimate of drug-likeness (QED) is 0.854. The average Bonchev–Trinajstić information content (AvgIpc) is 3.02. The second kappa shape index (κ2) is 3.66. The predicted molar refractivity (Wildman–Crippen MR) is 76.0 cm³/mol. The van der Waals surface area contributed by atoms with Crippen molar-refractivity contribution in [3.63, 3.8) is 0 Å². The van der Waals surface area contributed by atoms with E-state index < -0.39 is 0 Å². The lowest BCUT2D eigenvalue weighted by molar-refractivity contribution is -0.0354. The molecule has 0 aliphatic heterocycles. The summed E-state index contributed by atoms with van der Waals surface area (Å²) in [6, 6.07) is 4.08. The molecular weight excluding hydrogens is 232 g/mol. The van der Waals surface area contributed by atoms with Gasteiger partial charge in [0.25, 0.3) is 0 Å². The third kappa shape index (κ3) is 1.59. The number of aromatic nitrogens is 1. The Morgan fingerprint density at radius 3 is 2.53 bits per heavy atom. The van der Waals surface area contributed by atoms with E-state index in [2.05, 4.69) is 28.8 Å². The molecule has 5 saturated carbocycles. The molecule has 1 aromatic rings. The van der Waals surface area contributed by atoms with Crippen LogP contribution >= 0.6 is 0 Å². The van der Waals surface area contributed by atoms with Crippen LogP contribution < -0.4 is 5.32 Å². The first-order chi connectivity index (χ1) is 9.32. The van der Waals surface area contributed by atoms with Crippen LogP contribution in [-0.2, 0) is 5.41 Å². The summed E-state index contributed by atoms with van der Waals surface area (Å²) >= 11 is 0. The molecule has 2 unspecified atom stereocenters. The van der Waals surface area contributed by atoms with Gasteiger partial charge in [-0.25, -0.2) is 0 Å². The van der Waals surface area contributed by atoms with Gasteiger partial charge in [-0.2, -0.15) is 0 Å². The van der Waals surface area contributed by atoms with Crippen molar-refractivity contribution < 1.29 is 0 Å². The van der Waals surface area contributed by atoms with Crippen molar-refractivity contribution in [3.8, 4) is 0 Å². The lowest BCUT2D eigenvalue weighted by atomic mass is 9.46. The van der Waals surface area contributed by atoms with E-state index in [1.807, 2.05) is 0 Å². The molecule has 0 spiro atoms. The van der Waals surface area contributed by atoms with Gasteiger partial charge >= 0.3 is 0 Å². The molecule has 5 aliphatic carbocycles. The van der Waals surface area contributed by atoms with Gasteiger partial charge in [0.2, 0.25) is 0 Å². The van der Waals surface area contributed by atoms with Gasteiger partial charge in [-0.05, 0) is 79.7 Å². The van der Waals surface area contributed by atoms with E-state index in [4.69, 9.17) is 0 Å². The zero-order chi connectivity index (χ0) is 12.4. The zero-order valence-corrected chi connectivity index (χ0v) is 11.6. The molecular formula is C17H24N2.